The van der Waals surface area contributed by atoms with Gasteiger partial charge in [-0.15, -0.1) is 0 Å². The highest BCUT2D eigenvalue weighted by atomic mass is 16.5. The first-order valence-corrected chi connectivity index (χ1v) is 7.20. The van der Waals surface area contributed by atoms with Crippen molar-refractivity contribution in [3.8, 4) is 0 Å². The Labute approximate surface area is 108 Å². The molecule has 1 amide bonds. The van der Waals surface area contributed by atoms with E-state index >= 15 is 0 Å². The van der Waals surface area contributed by atoms with E-state index in [9.17, 15) is 4.79 Å². The normalized spacial score (nSPS) is 31.1. The molecule has 1 unspecified atom stereocenters. The van der Waals surface area contributed by atoms with Gasteiger partial charge in [0, 0.05) is 51.9 Å². The fraction of sp³-hybridized carbons (Fsp3) is 0.923. The van der Waals surface area contributed by atoms with Crippen molar-refractivity contribution in [2.24, 2.45) is 0 Å². The third-order valence-corrected chi connectivity index (χ3v) is 4.32. The molecule has 18 heavy (non-hydrogen) atoms. The number of amides is 1. The van der Waals surface area contributed by atoms with E-state index in [1.807, 2.05) is 4.90 Å². The predicted molar refractivity (Wildman–Crippen MR) is 68.4 cm³/mol. The number of carbonyl (C=O) groups is 1. The van der Waals surface area contributed by atoms with Gasteiger partial charge >= 0.3 is 0 Å². The van der Waals surface area contributed by atoms with Crippen molar-refractivity contribution in [3.63, 3.8) is 0 Å². The molecule has 1 N–H and O–H groups in total. The molecule has 3 aliphatic rings. The zero-order valence-corrected chi connectivity index (χ0v) is 10.9. The molecule has 0 aromatic rings. The Balaban J connectivity index is 1.52. The van der Waals surface area contributed by atoms with Crippen molar-refractivity contribution >= 4 is 5.91 Å². The molecule has 0 aromatic carbocycles. The van der Waals surface area contributed by atoms with E-state index in [1.54, 1.807) is 0 Å². The lowest BCUT2D eigenvalue weighted by atomic mass is 10.1. The number of ether oxygens (including phenoxy) is 1. The van der Waals surface area contributed by atoms with Crippen LogP contribution in [0.15, 0.2) is 0 Å². The van der Waals surface area contributed by atoms with Crippen LogP contribution in [0.5, 0.6) is 0 Å². The minimum atomic E-state index is -0.151. The van der Waals surface area contributed by atoms with Crippen LogP contribution in [0.25, 0.3) is 0 Å². The van der Waals surface area contributed by atoms with E-state index in [0.29, 0.717) is 6.04 Å². The number of hydrogen-bond acceptors (Lipinski definition) is 4. The maximum atomic E-state index is 12.3. The van der Waals surface area contributed by atoms with E-state index in [1.165, 1.54) is 0 Å². The van der Waals surface area contributed by atoms with Gasteiger partial charge in [-0.3, -0.25) is 9.69 Å². The zero-order valence-electron chi connectivity index (χ0n) is 10.9. The fourth-order valence-corrected chi connectivity index (χ4v) is 3.03. The molecule has 0 aliphatic carbocycles. The van der Waals surface area contributed by atoms with Gasteiger partial charge in [0.25, 0.3) is 5.91 Å². The van der Waals surface area contributed by atoms with Crippen molar-refractivity contribution in [2.45, 2.75) is 31.4 Å². The zero-order chi connectivity index (χ0) is 12.4. The second-order valence-electron chi connectivity index (χ2n) is 5.53. The van der Waals surface area contributed by atoms with Crippen molar-refractivity contribution in [2.75, 3.05) is 45.9 Å². The summed E-state index contributed by atoms with van der Waals surface area (Å²) in [7, 11) is 0. The molecule has 3 aliphatic heterocycles. The molecular weight excluding hydrogens is 230 g/mol. The molecule has 5 nitrogen and oxygen atoms in total. The van der Waals surface area contributed by atoms with Gasteiger partial charge in [0.1, 0.15) is 6.10 Å². The molecule has 5 heteroatoms. The minimum Gasteiger partial charge on any atom is -0.368 e. The Hall–Kier alpha value is -0.650. The van der Waals surface area contributed by atoms with Gasteiger partial charge in [0.05, 0.1) is 0 Å². The van der Waals surface area contributed by atoms with Gasteiger partial charge in [0.2, 0.25) is 0 Å². The second kappa shape index (κ2) is 5.55. The number of rotatable bonds is 2. The maximum absolute atomic E-state index is 12.3. The summed E-state index contributed by atoms with van der Waals surface area (Å²) in [6.45, 7) is 6.89. The lowest BCUT2D eigenvalue weighted by Gasteiger charge is -2.37. The number of nitrogens with one attached hydrogen (secondary N) is 1. The van der Waals surface area contributed by atoms with Crippen molar-refractivity contribution in [1.82, 2.24) is 15.1 Å². The SMILES string of the molecule is O=C(C1CCCO1)N1CCCN(C2CNC2)CC1. The Kier molecular flexibility index (Phi) is 3.82. The van der Waals surface area contributed by atoms with E-state index in [-0.39, 0.29) is 12.0 Å². The molecule has 3 heterocycles. The highest BCUT2D eigenvalue weighted by Gasteiger charge is 2.31. The summed E-state index contributed by atoms with van der Waals surface area (Å²) in [4.78, 5) is 16.8. The lowest BCUT2D eigenvalue weighted by molar-refractivity contribution is -0.140. The first-order chi connectivity index (χ1) is 8.84. The smallest absolute Gasteiger partial charge is 0.251 e. The largest absolute Gasteiger partial charge is 0.368 e. The Morgan fingerprint density at radius 3 is 2.67 bits per heavy atom. The summed E-state index contributed by atoms with van der Waals surface area (Å²) in [6, 6.07) is 0.697. The Bertz CT molecular complexity index is 301. The molecule has 0 bridgehead atoms. The number of carbonyl (C=O) groups excluding carboxylic acids is 1. The Morgan fingerprint density at radius 2 is 2.00 bits per heavy atom. The highest BCUT2D eigenvalue weighted by molar-refractivity contribution is 5.81. The minimum absolute atomic E-state index is 0.151. The fourth-order valence-electron chi connectivity index (χ4n) is 3.03. The van der Waals surface area contributed by atoms with Crippen LogP contribution in [0.1, 0.15) is 19.3 Å². The summed E-state index contributed by atoms with van der Waals surface area (Å²) < 4.78 is 5.50. The predicted octanol–water partition coefficient (Wildman–Crippen LogP) is -0.328. The molecule has 0 saturated carbocycles. The van der Waals surface area contributed by atoms with E-state index in [2.05, 4.69) is 10.2 Å². The molecule has 0 aromatic heterocycles. The van der Waals surface area contributed by atoms with Crippen LogP contribution >= 0.6 is 0 Å². The third kappa shape index (κ3) is 2.53. The summed E-state index contributed by atoms with van der Waals surface area (Å²) in [6.07, 6.45) is 2.88. The number of nitrogens with zero attached hydrogens (tertiary/aromatic N) is 2. The van der Waals surface area contributed by atoms with Crippen LogP contribution in [0, 0.1) is 0 Å². The molecule has 1 atom stereocenters. The van der Waals surface area contributed by atoms with Crippen LogP contribution in [0.4, 0.5) is 0 Å². The van der Waals surface area contributed by atoms with E-state index in [4.69, 9.17) is 4.74 Å². The first-order valence-electron chi connectivity index (χ1n) is 7.20. The van der Waals surface area contributed by atoms with Crippen LogP contribution in [0.2, 0.25) is 0 Å². The van der Waals surface area contributed by atoms with Gasteiger partial charge in [-0.05, 0) is 19.3 Å². The molecule has 102 valence electrons. The number of hydrogen-bond donors (Lipinski definition) is 1. The van der Waals surface area contributed by atoms with Crippen LogP contribution in [-0.2, 0) is 9.53 Å². The summed E-state index contributed by atoms with van der Waals surface area (Å²) in [5, 5.41) is 3.32. The first kappa shape index (κ1) is 12.4. The topological polar surface area (TPSA) is 44.8 Å². The average molecular weight is 253 g/mol. The van der Waals surface area contributed by atoms with Gasteiger partial charge < -0.3 is 15.0 Å². The standard InChI is InChI=1S/C13H23N3O2/c17-13(12-3-1-8-18-12)16-5-2-4-15(6-7-16)11-9-14-10-11/h11-12,14H,1-10H2. The molecule has 3 rings (SSSR count). The lowest BCUT2D eigenvalue weighted by Crippen LogP contribution is -2.57. The average Bonchev–Trinajstić information content (AvgIpc) is 2.74. The van der Waals surface area contributed by atoms with Crippen LogP contribution in [0.3, 0.4) is 0 Å². The molecule has 0 spiro atoms. The van der Waals surface area contributed by atoms with Crippen LogP contribution in [-0.4, -0.2) is 73.7 Å². The van der Waals surface area contributed by atoms with Crippen LogP contribution < -0.4 is 5.32 Å². The molecular formula is C13H23N3O2. The van der Waals surface area contributed by atoms with E-state index < -0.39 is 0 Å². The third-order valence-electron chi connectivity index (χ3n) is 4.32. The van der Waals surface area contributed by atoms with Gasteiger partial charge in [-0.1, -0.05) is 0 Å². The van der Waals surface area contributed by atoms with Crippen molar-refractivity contribution in [3.05, 3.63) is 0 Å². The van der Waals surface area contributed by atoms with Gasteiger partial charge in [0.15, 0.2) is 0 Å². The molecule has 3 saturated heterocycles. The summed E-state index contributed by atoms with van der Waals surface area (Å²) in [5.74, 6) is 0.223. The quantitative estimate of drug-likeness (QED) is 0.732. The maximum Gasteiger partial charge on any atom is 0.251 e. The van der Waals surface area contributed by atoms with Crippen molar-refractivity contribution < 1.29 is 9.53 Å². The summed E-state index contributed by atoms with van der Waals surface area (Å²) in [5.41, 5.74) is 0. The Morgan fingerprint density at radius 1 is 1.11 bits per heavy atom. The van der Waals surface area contributed by atoms with Gasteiger partial charge in [-0.25, -0.2) is 0 Å². The van der Waals surface area contributed by atoms with Gasteiger partial charge in [-0.2, -0.15) is 0 Å². The second-order valence-corrected chi connectivity index (χ2v) is 5.53. The molecule has 3 fully saturated rings. The molecule has 0 radical (unpaired) electrons. The monoisotopic (exact) mass is 253 g/mol. The highest BCUT2D eigenvalue weighted by Crippen LogP contribution is 2.17. The van der Waals surface area contributed by atoms with Crippen molar-refractivity contribution in [1.29, 1.82) is 0 Å². The van der Waals surface area contributed by atoms with E-state index in [0.717, 1.165) is 65.1 Å². The summed E-state index contributed by atoms with van der Waals surface area (Å²) >= 11 is 0.